The number of nitrogens with zero attached hydrogens (tertiary/aromatic N) is 1. The number of rotatable bonds is 5. The van der Waals surface area contributed by atoms with Gasteiger partial charge in [0.2, 0.25) is 0 Å². The van der Waals surface area contributed by atoms with Gasteiger partial charge in [0.15, 0.2) is 0 Å². The Bertz CT molecular complexity index is 1670. The number of hydrogen-bond acceptors (Lipinski definition) is 4. The Balaban J connectivity index is 1.16. The average Bonchev–Trinajstić information content (AvgIpc) is 3.59. The minimum absolute atomic E-state index is 0.170. The first kappa shape index (κ1) is 24.0. The minimum atomic E-state index is -0.594. The summed E-state index contributed by atoms with van der Waals surface area (Å²) in [6.07, 6.45) is 1.69. The van der Waals surface area contributed by atoms with Crippen LogP contribution in [0.1, 0.15) is 86.0 Å². The van der Waals surface area contributed by atoms with E-state index in [2.05, 4.69) is 10.3 Å². The van der Waals surface area contributed by atoms with Gasteiger partial charge in [0.05, 0.1) is 0 Å². The van der Waals surface area contributed by atoms with E-state index in [1.807, 2.05) is 49.4 Å². The Kier molecular flexibility index (Phi) is 5.36. The van der Waals surface area contributed by atoms with Gasteiger partial charge in [-0.15, -0.1) is 0 Å². The number of aromatic nitrogens is 1. The number of ether oxygens (including phenoxy) is 1. The highest BCUT2D eigenvalue weighted by Crippen LogP contribution is 2.55. The number of fused-ring (bicyclic) bond motifs is 8. The van der Waals surface area contributed by atoms with Crippen LogP contribution in [-0.2, 0) is 11.3 Å². The molecule has 1 fully saturated rings. The van der Waals surface area contributed by atoms with Crippen LogP contribution >= 0.6 is 0 Å². The van der Waals surface area contributed by atoms with E-state index in [-0.39, 0.29) is 18.1 Å². The number of benzene rings is 3. The number of halogens is 2. The Hall–Kier alpha value is -4.10. The molecule has 39 heavy (non-hydrogen) atoms. The molecule has 7 rings (SSSR count). The van der Waals surface area contributed by atoms with Crippen LogP contribution < -0.4 is 11.1 Å². The van der Waals surface area contributed by atoms with Crippen molar-refractivity contribution >= 4 is 11.7 Å². The number of anilines is 1. The van der Waals surface area contributed by atoms with Crippen molar-refractivity contribution < 1.29 is 18.3 Å². The van der Waals surface area contributed by atoms with Crippen LogP contribution in [0.15, 0.2) is 54.6 Å². The van der Waals surface area contributed by atoms with Crippen molar-refractivity contribution in [3.05, 3.63) is 116 Å². The predicted molar refractivity (Wildman–Crippen MR) is 144 cm³/mol. The molecule has 3 aromatic carbocycles. The molecule has 5 nitrogen and oxygen atoms in total. The van der Waals surface area contributed by atoms with Gasteiger partial charge in [-0.3, -0.25) is 4.79 Å². The van der Waals surface area contributed by atoms with E-state index >= 15 is 0 Å². The lowest BCUT2D eigenvalue weighted by molar-refractivity contribution is 0.0857. The van der Waals surface area contributed by atoms with Crippen molar-refractivity contribution in [1.29, 1.82) is 0 Å². The lowest BCUT2D eigenvalue weighted by atomic mass is 9.83. The van der Waals surface area contributed by atoms with Crippen LogP contribution in [-0.4, -0.2) is 10.9 Å². The van der Waals surface area contributed by atoms with Gasteiger partial charge in [0.1, 0.15) is 29.7 Å². The van der Waals surface area contributed by atoms with E-state index in [1.54, 1.807) is 6.92 Å². The van der Waals surface area contributed by atoms with Crippen LogP contribution in [0.2, 0.25) is 0 Å². The quantitative estimate of drug-likeness (QED) is 0.311. The Morgan fingerprint density at radius 3 is 2.41 bits per heavy atom. The van der Waals surface area contributed by atoms with Crippen LogP contribution in [0.25, 0.3) is 11.1 Å². The van der Waals surface area contributed by atoms with Crippen molar-refractivity contribution in [2.24, 2.45) is 0 Å². The van der Waals surface area contributed by atoms with Gasteiger partial charge in [-0.1, -0.05) is 18.2 Å². The highest BCUT2D eigenvalue weighted by atomic mass is 19.1. The molecule has 196 valence electrons. The number of aryl methyl sites for hydroxylation is 2. The van der Waals surface area contributed by atoms with Gasteiger partial charge in [-0.25, -0.2) is 13.8 Å². The number of nitrogens with two attached hydrogens (primary N) is 1. The smallest absolute Gasteiger partial charge is 0.251 e. The molecule has 0 unspecified atom stereocenters. The molecule has 2 atom stereocenters. The highest BCUT2D eigenvalue weighted by Gasteiger charge is 2.43. The Morgan fingerprint density at radius 1 is 0.949 bits per heavy atom. The molecule has 1 aliphatic carbocycles. The largest absolute Gasteiger partial charge is 0.384 e. The topological polar surface area (TPSA) is 77.2 Å². The van der Waals surface area contributed by atoms with Gasteiger partial charge in [0, 0.05) is 29.4 Å². The number of carbonyl (C=O) groups excluding carboxylic acids is 1. The van der Waals surface area contributed by atoms with E-state index in [0.717, 1.165) is 52.4 Å². The van der Waals surface area contributed by atoms with Gasteiger partial charge >= 0.3 is 0 Å². The third-order valence-electron chi connectivity index (χ3n) is 8.21. The zero-order valence-corrected chi connectivity index (χ0v) is 21.6. The van der Waals surface area contributed by atoms with Crippen molar-refractivity contribution in [2.45, 2.75) is 51.4 Å². The SMILES string of the molecule is Cc1cc(F)cc(F)c1-c1ccc2c(c1)[C@H]1O[C@@H]2c2ccc(C(=O)NCc3c(C4CC4)cc(N)nc3C)cc21. The second-order valence-corrected chi connectivity index (χ2v) is 10.8. The summed E-state index contributed by atoms with van der Waals surface area (Å²) in [7, 11) is 0. The van der Waals surface area contributed by atoms with Gasteiger partial charge in [0.25, 0.3) is 5.91 Å². The maximum absolute atomic E-state index is 14.7. The summed E-state index contributed by atoms with van der Waals surface area (Å²) in [6, 6.07) is 15.6. The van der Waals surface area contributed by atoms with E-state index in [0.29, 0.717) is 40.5 Å². The Labute approximate surface area is 225 Å². The molecule has 3 aliphatic rings. The number of carbonyl (C=O) groups is 1. The second kappa shape index (κ2) is 8.71. The highest BCUT2D eigenvalue weighted by molar-refractivity contribution is 5.94. The second-order valence-electron chi connectivity index (χ2n) is 10.8. The van der Waals surface area contributed by atoms with Crippen LogP contribution in [0.4, 0.5) is 14.6 Å². The number of pyridine rings is 1. The molecule has 3 N–H and O–H groups in total. The zero-order chi connectivity index (χ0) is 27.0. The molecular weight excluding hydrogens is 496 g/mol. The molecule has 0 radical (unpaired) electrons. The van der Waals surface area contributed by atoms with Crippen LogP contribution in [0, 0.1) is 25.5 Å². The maximum Gasteiger partial charge on any atom is 0.251 e. The molecule has 1 amide bonds. The molecular formula is C32H27F2N3O2. The third-order valence-corrected chi connectivity index (χ3v) is 8.21. The molecule has 7 heteroatoms. The van der Waals surface area contributed by atoms with Crippen molar-refractivity contribution in [3.63, 3.8) is 0 Å². The monoisotopic (exact) mass is 523 g/mol. The summed E-state index contributed by atoms with van der Waals surface area (Å²) in [5.74, 6) is -0.350. The molecule has 2 bridgehead atoms. The summed E-state index contributed by atoms with van der Waals surface area (Å²) in [6.45, 7) is 4.02. The maximum atomic E-state index is 14.7. The minimum Gasteiger partial charge on any atom is -0.384 e. The number of nitrogens with one attached hydrogen (secondary N) is 1. The van der Waals surface area contributed by atoms with Crippen LogP contribution in [0.5, 0.6) is 0 Å². The predicted octanol–water partition coefficient (Wildman–Crippen LogP) is 6.56. The lowest BCUT2D eigenvalue weighted by Crippen LogP contribution is -2.24. The van der Waals surface area contributed by atoms with E-state index < -0.39 is 11.6 Å². The van der Waals surface area contributed by atoms with Crippen LogP contribution in [0.3, 0.4) is 0 Å². The van der Waals surface area contributed by atoms with E-state index in [9.17, 15) is 13.6 Å². The summed E-state index contributed by atoms with van der Waals surface area (Å²) in [5.41, 5.74) is 15.1. The first-order valence-electron chi connectivity index (χ1n) is 13.2. The number of amides is 1. The van der Waals surface area contributed by atoms with Crippen molar-refractivity contribution in [2.75, 3.05) is 5.73 Å². The Morgan fingerprint density at radius 2 is 1.67 bits per heavy atom. The first-order valence-corrected chi connectivity index (χ1v) is 13.2. The summed E-state index contributed by atoms with van der Waals surface area (Å²) in [4.78, 5) is 17.6. The van der Waals surface area contributed by atoms with Crippen molar-refractivity contribution in [3.8, 4) is 11.1 Å². The standard InChI is InChI=1S/C32H27F2N3O2/c1-15-9-20(33)12-27(34)29(15)18-5-7-21-24(10-18)31-25-11-19(6-8-22(25)30(21)39-31)32(38)36-14-26-16(2)37-28(35)13-23(26)17-3-4-17/h5-13,17,30-31H,3-4,14H2,1-2H3,(H2,35,37)(H,36,38)/t30-,31+/m0/s1. The summed E-state index contributed by atoms with van der Waals surface area (Å²) < 4.78 is 34.7. The van der Waals surface area contributed by atoms with Gasteiger partial charge in [-0.05, 0) is 107 Å². The van der Waals surface area contributed by atoms with E-state index in [4.69, 9.17) is 10.5 Å². The molecule has 1 saturated carbocycles. The van der Waals surface area contributed by atoms with E-state index in [1.165, 1.54) is 11.6 Å². The summed E-state index contributed by atoms with van der Waals surface area (Å²) >= 11 is 0. The fraction of sp³-hybridized carbons (Fsp3) is 0.250. The van der Waals surface area contributed by atoms with Gasteiger partial charge in [-0.2, -0.15) is 0 Å². The number of hydrogen-bond donors (Lipinski definition) is 2. The molecule has 2 aliphatic heterocycles. The first-order chi connectivity index (χ1) is 18.8. The third kappa shape index (κ3) is 3.91. The molecule has 3 heterocycles. The molecule has 4 aromatic rings. The molecule has 0 saturated heterocycles. The van der Waals surface area contributed by atoms with Gasteiger partial charge < -0.3 is 15.8 Å². The fourth-order valence-electron chi connectivity index (χ4n) is 6.22. The van der Waals surface area contributed by atoms with Crippen molar-refractivity contribution in [1.82, 2.24) is 10.3 Å². The zero-order valence-electron chi connectivity index (χ0n) is 21.6. The number of nitrogen functional groups attached to an aromatic ring is 1. The lowest BCUT2D eigenvalue weighted by Gasteiger charge is -2.19. The average molecular weight is 524 g/mol. The normalized spacial score (nSPS) is 18.7. The fourth-order valence-corrected chi connectivity index (χ4v) is 6.22. The molecule has 0 spiro atoms. The summed E-state index contributed by atoms with van der Waals surface area (Å²) in [5, 5.41) is 3.07. The molecule has 1 aromatic heterocycles.